The lowest BCUT2D eigenvalue weighted by molar-refractivity contribution is 0.145. The Kier molecular flexibility index (Phi) is 7.68. The molecular weight excluding hydrogens is 564 g/mol. The van der Waals surface area contributed by atoms with Gasteiger partial charge in [-0.25, -0.2) is 14.5 Å². The molecule has 4 heterocycles. The van der Waals surface area contributed by atoms with Crippen LogP contribution in [0.4, 0.5) is 11.6 Å². The van der Waals surface area contributed by atoms with E-state index in [-0.39, 0.29) is 5.56 Å². The quantitative estimate of drug-likeness (QED) is 0.236. The molecule has 0 radical (unpaired) electrons. The predicted molar refractivity (Wildman–Crippen MR) is 179 cm³/mol. The summed E-state index contributed by atoms with van der Waals surface area (Å²) in [6.07, 6.45) is 2.61. The lowest BCUT2D eigenvalue weighted by Gasteiger charge is -2.32. The van der Waals surface area contributed by atoms with E-state index in [1.807, 2.05) is 85.8 Å². The smallest absolute Gasteiger partial charge is 0.270 e. The maximum atomic E-state index is 14.1. The van der Waals surface area contributed by atoms with Gasteiger partial charge in [-0.2, -0.15) is 4.98 Å². The van der Waals surface area contributed by atoms with Gasteiger partial charge in [0.15, 0.2) is 5.65 Å². The maximum Gasteiger partial charge on any atom is 0.270 e. The predicted octanol–water partition coefficient (Wildman–Crippen LogP) is 5.27. The monoisotopic (exact) mass is 602 g/mol. The normalized spacial score (nSPS) is 14.5. The van der Waals surface area contributed by atoms with Crippen LogP contribution >= 0.6 is 0 Å². The number of fused-ring (bicyclic) bond motifs is 5. The number of aryl methyl sites for hydroxylation is 3. The number of likely N-dealkylation sites (N-methyl/N-ethyl adjacent to an activating group) is 1. The van der Waals surface area contributed by atoms with Crippen LogP contribution in [-0.4, -0.2) is 80.1 Å². The summed E-state index contributed by atoms with van der Waals surface area (Å²) >= 11 is 0. The Morgan fingerprint density at radius 2 is 1.67 bits per heavy atom. The summed E-state index contributed by atoms with van der Waals surface area (Å²) in [5.41, 5.74) is 6.63. The minimum absolute atomic E-state index is 0.206. The fourth-order valence-corrected chi connectivity index (χ4v) is 6.23. The molecule has 10 nitrogen and oxygen atoms in total. The number of anilines is 2. The van der Waals surface area contributed by atoms with Crippen LogP contribution in [0.3, 0.4) is 0 Å². The minimum Gasteiger partial charge on any atom is -0.494 e. The highest BCUT2D eigenvalue weighted by atomic mass is 16.5. The zero-order chi connectivity index (χ0) is 31.1. The van der Waals surface area contributed by atoms with E-state index in [2.05, 4.69) is 27.1 Å². The largest absolute Gasteiger partial charge is 0.494 e. The van der Waals surface area contributed by atoms with Crippen molar-refractivity contribution in [3.63, 3.8) is 0 Å². The topological polar surface area (TPSA) is 92.8 Å². The number of ether oxygens (including phenoxy) is 1. The average Bonchev–Trinajstić information content (AvgIpc) is 3.42. The Hall–Kier alpha value is -4.80. The summed E-state index contributed by atoms with van der Waals surface area (Å²) in [5, 5.41) is 3.78. The lowest BCUT2D eigenvalue weighted by atomic mass is 10.1. The number of rotatable bonds is 8. The number of benzene rings is 3. The molecule has 1 fully saturated rings. The third-order valence-electron chi connectivity index (χ3n) is 8.75. The molecule has 45 heavy (non-hydrogen) atoms. The molecule has 0 bridgehead atoms. The molecule has 0 aliphatic carbocycles. The summed E-state index contributed by atoms with van der Waals surface area (Å²) in [4.78, 5) is 33.3. The Morgan fingerprint density at radius 3 is 2.44 bits per heavy atom. The lowest BCUT2D eigenvalue weighted by Crippen LogP contribution is -2.44. The first-order valence-corrected chi connectivity index (χ1v) is 15.5. The third kappa shape index (κ3) is 5.51. The molecule has 1 aliphatic heterocycles. The molecule has 7 rings (SSSR count). The van der Waals surface area contributed by atoms with E-state index in [4.69, 9.17) is 14.7 Å². The summed E-state index contributed by atoms with van der Waals surface area (Å²) in [6, 6.07) is 19.9. The van der Waals surface area contributed by atoms with E-state index < -0.39 is 0 Å². The number of nitrogens with zero attached hydrogens (tertiary/aromatic N) is 7. The van der Waals surface area contributed by atoms with Gasteiger partial charge in [0.2, 0.25) is 11.7 Å². The third-order valence-corrected chi connectivity index (χ3v) is 8.75. The fraction of sp³-hybridized carbons (Fsp3) is 0.314. The second-order valence-electron chi connectivity index (χ2n) is 12.0. The van der Waals surface area contributed by atoms with Gasteiger partial charge in [0.05, 0.1) is 23.3 Å². The number of aromatic nitrogens is 5. The van der Waals surface area contributed by atoms with Crippen LogP contribution in [0.25, 0.3) is 33.5 Å². The average molecular weight is 603 g/mol. The first-order valence-electron chi connectivity index (χ1n) is 15.5. The van der Waals surface area contributed by atoms with Gasteiger partial charge < -0.3 is 19.9 Å². The second kappa shape index (κ2) is 11.9. The van der Waals surface area contributed by atoms with Crippen molar-refractivity contribution in [1.29, 1.82) is 0 Å². The highest BCUT2D eigenvalue weighted by Crippen LogP contribution is 2.27. The molecule has 0 unspecified atom stereocenters. The summed E-state index contributed by atoms with van der Waals surface area (Å²) in [6.45, 7) is 12.3. The molecule has 1 saturated heterocycles. The van der Waals surface area contributed by atoms with Gasteiger partial charge in [0.1, 0.15) is 11.1 Å². The van der Waals surface area contributed by atoms with Crippen molar-refractivity contribution < 1.29 is 4.74 Å². The van der Waals surface area contributed by atoms with Crippen LogP contribution in [0, 0.1) is 20.8 Å². The van der Waals surface area contributed by atoms with Crippen molar-refractivity contribution in [2.45, 2.75) is 27.2 Å². The van der Waals surface area contributed by atoms with Gasteiger partial charge in [0, 0.05) is 44.6 Å². The first-order chi connectivity index (χ1) is 21.9. The zero-order valence-corrected chi connectivity index (χ0v) is 26.2. The molecular formula is C35H38N8O2. The standard InChI is InChI=1S/C35H38N8O2/c1-23-9-7-10-24(2)31(23)43-33(44)27-22-36-34(39-32(27)42-30-12-6-5-11-29(30)38-35(42)43)37-28-14-13-26(21-25(28)3)45-20-8-15-41-18-16-40(4)17-19-41/h5-7,9-14,21-22H,8,15-20H2,1-4H3,(H,36,37,39). The molecule has 3 aromatic carbocycles. The Morgan fingerprint density at radius 1 is 0.889 bits per heavy atom. The molecule has 0 spiro atoms. The van der Waals surface area contributed by atoms with E-state index in [9.17, 15) is 4.79 Å². The van der Waals surface area contributed by atoms with Crippen LogP contribution < -0.4 is 15.6 Å². The van der Waals surface area contributed by atoms with E-state index in [0.717, 1.165) is 84.0 Å². The first kappa shape index (κ1) is 28.9. The SMILES string of the molecule is Cc1cc(OCCCN2CCN(C)CC2)ccc1Nc1ncc2c(=O)n(-c3c(C)cccc3C)c3nc4ccccc4n3c2n1. The van der Waals surface area contributed by atoms with Gasteiger partial charge in [-0.1, -0.05) is 30.3 Å². The number of nitrogens with one attached hydrogen (secondary N) is 1. The van der Waals surface area contributed by atoms with Crippen molar-refractivity contribution >= 4 is 39.5 Å². The molecule has 3 aromatic heterocycles. The zero-order valence-electron chi connectivity index (χ0n) is 26.2. The van der Waals surface area contributed by atoms with Gasteiger partial charge in [-0.3, -0.25) is 9.20 Å². The second-order valence-corrected chi connectivity index (χ2v) is 12.0. The Labute approximate surface area is 261 Å². The fourth-order valence-electron chi connectivity index (χ4n) is 6.23. The van der Waals surface area contributed by atoms with Crippen molar-refractivity contribution in [3.8, 4) is 11.4 Å². The van der Waals surface area contributed by atoms with Crippen molar-refractivity contribution in [2.75, 3.05) is 51.7 Å². The molecule has 10 heteroatoms. The highest BCUT2D eigenvalue weighted by molar-refractivity contribution is 5.88. The van der Waals surface area contributed by atoms with Crippen LogP contribution in [-0.2, 0) is 0 Å². The van der Waals surface area contributed by atoms with E-state index in [1.54, 1.807) is 10.8 Å². The van der Waals surface area contributed by atoms with Crippen LogP contribution in [0.5, 0.6) is 5.75 Å². The summed E-state index contributed by atoms with van der Waals surface area (Å²) in [7, 11) is 2.18. The Balaban J connectivity index is 1.19. The number of para-hydroxylation sites is 3. The molecule has 6 aromatic rings. The van der Waals surface area contributed by atoms with Gasteiger partial charge >= 0.3 is 0 Å². The Bertz CT molecular complexity index is 2070. The molecule has 0 saturated carbocycles. The number of imidazole rings is 1. The van der Waals surface area contributed by atoms with Gasteiger partial charge in [-0.15, -0.1) is 0 Å². The van der Waals surface area contributed by atoms with Crippen LogP contribution in [0.2, 0.25) is 0 Å². The summed E-state index contributed by atoms with van der Waals surface area (Å²) in [5.74, 6) is 1.75. The minimum atomic E-state index is -0.206. The van der Waals surface area contributed by atoms with Crippen LogP contribution in [0.15, 0.2) is 71.7 Å². The molecule has 1 N–H and O–H groups in total. The van der Waals surface area contributed by atoms with E-state index in [1.165, 1.54) is 0 Å². The maximum absolute atomic E-state index is 14.1. The van der Waals surface area contributed by atoms with Gasteiger partial charge in [-0.05, 0) is 81.3 Å². The van der Waals surface area contributed by atoms with E-state index in [0.29, 0.717) is 29.4 Å². The highest BCUT2D eigenvalue weighted by Gasteiger charge is 2.21. The number of piperazine rings is 1. The summed E-state index contributed by atoms with van der Waals surface area (Å²) < 4.78 is 9.72. The van der Waals surface area contributed by atoms with Crippen molar-refractivity contribution in [1.82, 2.24) is 33.7 Å². The molecule has 0 amide bonds. The van der Waals surface area contributed by atoms with E-state index >= 15 is 0 Å². The number of hydrogen-bond donors (Lipinski definition) is 1. The van der Waals surface area contributed by atoms with Gasteiger partial charge in [0.25, 0.3) is 5.56 Å². The molecule has 1 aliphatic rings. The molecule has 0 atom stereocenters. The molecule has 230 valence electrons. The van der Waals surface area contributed by atoms with Crippen molar-refractivity contribution in [2.24, 2.45) is 0 Å². The number of hydrogen-bond acceptors (Lipinski definition) is 8. The van der Waals surface area contributed by atoms with Crippen LogP contribution in [0.1, 0.15) is 23.1 Å². The van der Waals surface area contributed by atoms with Crippen molar-refractivity contribution in [3.05, 3.63) is 93.9 Å².